The number of hydrogen-bond donors (Lipinski definition) is 1. The maximum absolute atomic E-state index is 3.71. The van der Waals surface area contributed by atoms with Crippen molar-refractivity contribution in [1.82, 2.24) is 5.32 Å². The third kappa shape index (κ3) is 2.52. The minimum absolute atomic E-state index is 0.254. The lowest BCUT2D eigenvalue weighted by atomic mass is 9.79. The van der Waals surface area contributed by atoms with Crippen molar-refractivity contribution in [2.45, 2.75) is 52.1 Å². The Hall–Kier alpha value is -0.560. The first-order chi connectivity index (χ1) is 6.91. The van der Waals surface area contributed by atoms with Crippen molar-refractivity contribution >= 4 is 0 Å². The van der Waals surface area contributed by atoms with Gasteiger partial charge in [0.1, 0.15) is 0 Å². The van der Waals surface area contributed by atoms with E-state index in [2.05, 4.69) is 57.3 Å². The Labute approximate surface area is 93.6 Å². The third-order valence-corrected chi connectivity index (χ3v) is 3.54. The van der Waals surface area contributed by atoms with E-state index in [0.717, 1.165) is 12.0 Å². The molecule has 0 saturated heterocycles. The highest BCUT2D eigenvalue weighted by Gasteiger charge is 2.49. The first kappa shape index (κ1) is 10.9. The third-order valence-electron chi connectivity index (χ3n) is 3.54. The van der Waals surface area contributed by atoms with E-state index in [9.17, 15) is 0 Å². The maximum Gasteiger partial charge on any atom is 0.0113 e. The van der Waals surface area contributed by atoms with Crippen molar-refractivity contribution in [3.63, 3.8) is 0 Å². The Kier molecular flexibility index (Phi) is 2.54. The summed E-state index contributed by atoms with van der Waals surface area (Å²) in [7, 11) is 0. The normalized spacial score (nSPS) is 39.5. The zero-order chi connectivity index (χ0) is 11.1. The Morgan fingerprint density at radius 1 is 1.27 bits per heavy atom. The summed E-state index contributed by atoms with van der Waals surface area (Å²) in [4.78, 5) is 0. The van der Waals surface area contributed by atoms with Gasteiger partial charge < -0.3 is 5.32 Å². The number of nitrogens with one attached hydrogen (secondary N) is 1. The van der Waals surface area contributed by atoms with E-state index in [-0.39, 0.29) is 5.54 Å². The summed E-state index contributed by atoms with van der Waals surface area (Å²) in [6.07, 6.45) is 11.6. The molecule has 0 aromatic carbocycles. The highest BCUT2D eigenvalue weighted by molar-refractivity contribution is 5.21. The molecule has 1 nitrogen and oxygen atoms in total. The van der Waals surface area contributed by atoms with Crippen molar-refractivity contribution < 1.29 is 0 Å². The molecule has 0 aromatic rings. The quantitative estimate of drug-likeness (QED) is 0.729. The zero-order valence-electron chi connectivity index (χ0n) is 10.4. The highest BCUT2D eigenvalue weighted by Crippen LogP contribution is 2.50. The van der Waals surface area contributed by atoms with Crippen LogP contribution in [-0.4, -0.2) is 11.6 Å². The number of allylic oxidation sites excluding steroid dienone is 4. The van der Waals surface area contributed by atoms with Gasteiger partial charge in [0, 0.05) is 11.6 Å². The molecule has 1 N–H and O–H groups in total. The fraction of sp³-hybridized carbons (Fsp3) is 0.714. The minimum atomic E-state index is 0.254. The van der Waals surface area contributed by atoms with Crippen LogP contribution in [0.25, 0.3) is 0 Å². The van der Waals surface area contributed by atoms with Crippen LogP contribution < -0.4 is 5.32 Å². The van der Waals surface area contributed by atoms with Crippen molar-refractivity contribution in [3.8, 4) is 0 Å². The molecule has 84 valence electrons. The van der Waals surface area contributed by atoms with Crippen LogP contribution in [0.2, 0.25) is 0 Å². The summed E-state index contributed by atoms with van der Waals surface area (Å²) >= 11 is 0. The van der Waals surface area contributed by atoms with Crippen LogP contribution in [0.3, 0.4) is 0 Å². The predicted molar refractivity (Wildman–Crippen MR) is 65.8 cm³/mol. The molecule has 0 bridgehead atoms. The van der Waals surface area contributed by atoms with E-state index < -0.39 is 0 Å². The van der Waals surface area contributed by atoms with Gasteiger partial charge >= 0.3 is 0 Å². The molecule has 0 aromatic heterocycles. The molecule has 15 heavy (non-hydrogen) atoms. The monoisotopic (exact) mass is 205 g/mol. The zero-order valence-corrected chi connectivity index (χ0v) is 10.4. The Morgan fingerprint density at radius 3 is 2.53 bits per heavy atom. The summed E-state index contributed by atoms with van der Waals surface area (Å²) in [6.45, 7) is 9.14. The largest absolute Gasteiger partial charge is 0.309 e. The van der Waals surface area contributed by atoms with Crippen molar-refractivity contribution in [3.05, 3.63) is 24.3 Å². The molecule has 1 fully saturated rings. The lowest BCUT2D eigenvalue weighted by Gasteiger charge is -2.29. The molecule has 2 aliphatic rings. The van der Waals surface area contributed by atoms with Gasteiger partial charge in [-0.2, -0.15) is 0 Å². The van der Waals surface area contributed by atoms with Gasteiger partial charge in [0.25, 0.3) is 0 Å². The summed E-state index contributed by atoms with van der Waals surface area (Å²) in [5, 5.41) is 3.71. The van der Waals surface area contributed by atoms with Gasteiger partial charge in [-0.3, -0.25) is 0 Å². The van der Waals surface area contributed by atoms with Gasteiger partial charge in [-0.1, -0.05) is 31.2 Å². The van der Waals surface area contributed by atoms with E-state index in [1.165, 1.54) is 12.8 Å². The van der Waals surface area contributed by atoms with Crippen LogP contribution in [0.5, 0.6) is 0 Å². The maximum atomic E-state index is 3.71. The molecule has 3 atom stereocenters. The molecule has 2 aliphatic carbocycles. The first-order valence-corrected chi connectivity index (χ1v) is 6.03. The summed E-state index contributed by atoms with van der Waals surface area (Å²) < 4.78 is 0. The van der Waals surface area contributed by atoms with E-state index in [4.69, 9.17) is 0 Å². The van der Waals surface area contributed by atoms with Crippen LogP contribution in [-0.2, 0) is 0 Å². The Morgan fingerprint density at radius 2 is 2.00 bits per heavy atom. The van der Waals surface area contributed by atoms with Gasteiger partial charge in [0.15, 0.2) is 0 Å². The topological polar surface area (TPSA) is 12.0 Å². The summed E-state index contributed by atoms with van der Waals surface area (Å²) in [5.41, 5.74) is 0.654. The van der Waals surface area contributed by atoms with Crippen LogP contribution in [0, 0.1) is 11.3 Å². The van der Waals surface area contributed by atoms with Gasteiger partial charge in [0.05, 0.1) is 0 Å². The van der Waals surface area contributed by atoms with E-state index in [1.54, 1.807) is 0 Å². The van der Waals surface area contributed by atoms with Gasteiger partial charge in [-0.15, -0.1) is 0 Å². The molecule has 1 heteroatoms. The second kappa shape index (κ2) is 3.48. The van der Waals surface area contributed by atoms with Gasteiger partial charge in [-0.05, 0) is 44.9 Å². The van der Waals surface area contributed by atoms with Crippen molar-refractivity contribution in [2.24, 2.45) is 11.3 Å². The molecule has 0 spiro atoms. The SMILES string of the molecule is CC(C)(C)N[C@H]1C[C@@H]1C1(C)C=CC=CC1. The highest BCUT2D eigenvalue weighted by atomic mass is 15.0. The van der Waals surface area contributed by atoms with Crippen LogP contribution >= 0.6 is 0 Å². The van der Waals surface area contributed by atoms with Crippen molar-refractivity contribution in [2.75, 3.05) is 0 Å². The van der Waals surface area contributed by atoms with Crippen molar-refractivity contribution in [1.29, 1.82) is 0 Å². The number of rotatable bonds is 2. The molecular weight excluding hydrogens is 182 g/mol. The standard InChI is InChI=1S/C14H23N/c1-13(2,3)15-12-10-11(12)14(4)8-6-5-7-9-14/h5-8,11-12,15H,9-10H2,1-4H3/t11-,12-,14?/m0/s1. The molecule has 2 rings (SSSR count). The predicted octanol–water partition coefficient (Wildman–Crippen LogP) is 3.29. The lowest BCUT2D eigenvalue weighted by Crippen LogP contribution is -2.39. The Bertz CT molecular complexity index is 295. The average molecular weight is 205 g/mol. The lowest BCUT2D eigenvalue weighted by molar-refractivity contribution is 0.324. The molecule has 0 radical (unpaired) electrons. The molecule has 1 saturated carbocycles. The second-order valence-electron chi connectivity index (χ2n) is 6.34. The number of hydrogen-bond acceptors (Lipinski definition) is 1. The molecule has 1 unspecified atom stereocenters. The fourth-order valence-corrected chi connectivity index (χ4v) is 2.66. The second-order valence-corrected chi connectivity index (χ2v) is 6.34. The van der Waals surface area contributed by atoms with E-state index >= 15 is 0 Å². The summed E-state index contributed by atoms with van der Waals surface area (Å²) in [5.74, 6) is 0.831. The summed E-state index contributed by atoms with van der Waals surface area (Å²) in [6, 6.07) is 0.728. The fourth-order valence-electron chi connectivity index (χ4n) is 2.66. The first-order valence-electron chi connectivity index (χ1n) is 6.03. The van der Waals surface area contributed by atoms with Crippen LogP contribution in [0.15, 0.2) is 24.3 Å². The molecule has 0 amide bonds. The van der Waals surface area contributed by atoms with Gasteiger partial charge in [0.2, 0.25) is 0 Å². The molecular formula is C14H23N. The van der Waals surface area contributed by atoms with E-state index in [0.29, 0.717) is 5.41 Å². The molecule has 0 aliphatic heterocycles. The molecule has 0 heterocycles. The Balaban J connectivity index is 1.93. The van der Waals surface area contributed by atoms with Crippen LogP contribution in [0.4, 0.5) is 0 Å². The average Bonchev–Trinajstić information content (AvgIpc) is 2.82. The minimum Gasteiger partial charge on any atom is -0.309 e. The van der Waals surface area contributed by atoms with E-state index in [1.807, 2.05) is 0 Å². The smallest absolute Gasteiger partial charge is 0.0113 e. The van der Waals surface area contributed by atoms with Gasteiger partial charge in [-0.25, -0.2) is 0 Å². The van der Waals surface area contributed by atoms with Crippen LogP contribution in [0.1, 0.15) is 40.5 Å².